The minimum Gasteiger partial charge on any atom is -0.371 e. The molecular weight excluding hydrogens is 340 g/mol. The summed E-state index contributed by atoms with van der Waals surface area (Å²) in [5.74, 6) is -0.122. The SMILES string of the molecule is CCn1cc([C@@H]2CN(S(=O)(=O)Cc3cccc(C#N)c3)CCO2)cn1. The van der Waals surface area contributed by atoms with E-state index < -0.39 is 10.0 Å². The standard InChI is InChI=1S/C17H20N4O3S/c1-2-20-11-16(10-19-20)17-12-21(6-7-24-17)25(22,23)13-15-5-3-4-14(8-15)9-18/h3-5,8,10-11,17H,2,6-7,12-13H2,1H3/t17-/m0/s1. The second kappa shape index (κ2) is 7.35. The highest BCUT2D eigenvalue weighted by Gasteiger charge is 2.31. The van der Waals surface area contributed by atoms with Crippen molar-refractivity contribution in [1.82, 2.24) is 14.1 Å². The zero-order valence-electron chi connectivity index (χ0n) is 14.0. The van der Waals surface area contributed by atoms with Crippen molar-refractivity contribution >= 4 is 10.0 Å². The topological polar surface area (TPSA) is 88.2 Å². The fourth-order valence-corrected chi connectivity index (χ4v) is 4.33. The van der Waals surface area contributed by atoms with Crippen molar-refractivity contribution in [3.8, 4) is 6.07 Å². The Morgan fingerprint density at radius 3 is 3.00 bits per heavy atom. The number of hydrogen-bond acceptors (Lipinski definition) is 5. The molecule has 0 amide bonds. The number of morpholine rings is 1. The van der Waals surface area contributed by atoms with Crippen molar-refractivity contribution in [3.63, 3.8) is 0 Å². The molecule has 2 heterocycles. The monoisotopic (exact) mass is 360 g/mol. The third-order valence-corrected chi connectivity index (χ3v) is 5.99. The van der Waals surface area contributed by atoms with E-state index in [1.165, 1.54) is 4.31 Å². The Hall–Kier alpha value is -2.21. The lowest BCUT2D eigenvalue weighted by Gasteiger charge is -2.31. The van der Waals surface area contributed by atoms with E-state index in [0.29, 0.717) is 24.3 Å². The normalized spacial score (nSPS) is 18.8. The maximum atomic E-state index is 12.8. The van der Waals surface area contributed by atoms with Gasteiger partial charge in [0.05, 0.1) is 36.3 Å². The van der Waals surface area contributed by atoms with Crippen LogP contribution in [0.5, 0.6) is 0 Å². The van der Waals surface area contributed by atoms with Crippen LogP contribution in [0.4, 0.5) is 0 Å². The van der Waals surface area contributed by atoms with Crippen LogP contribution in [0.1, 0.15) is 29.7 Å². The van der Waals surface area contributed by atoms with Gasteiger partial charge < -0.3 is 4.74 Å². The largest absolute Gasteiger partial charge is 0.371 e. The predicted molar refractivity (Wildman–Crippen MR) is 91.9 cm³/mol. The molecule has 2 aromatic rings. The average molecular weight is 360 g/mol. The highest BCUT2D eigenvalue weighted by molar-refractivity contribution is 7.88. The molecule has 0 bridgehead atoms. The molecule has 0 spiro atoms. The average Bonchev–Trinajstić information content (AvgIpc) is 3.11. The van der Waals surface area contributed by atoms with Crippen molar-refractivity contribution in [3.05, 3.63) is 53.3 Å². The molecule has 0 radical (unpaired) electrons. The number of hydrogen-bond donors (Lipinski definition) is 0. The van der Waals surface area contributed by atoms with E-state index >= 15 is 0 Å². The molecule has 1 aromatic carbocycles. The van der Waals surface area contributed by atoms with Gasteiger partial charge in [0.2, 0.25) is 10.0 Å². The first-order valence-corrected chi connectivity index (χ1v) is 9.73. The van der Waals surface area contributed by atoms with Crippen molar-refractivity contribution in [2.24, 2.45) is 0 Å². The van der Waals surface area contributed by atoms with Crippen LogP contribution >= 0.6 is 0 Å². The van der Waals surface area contributed by atoms with Crippen LogP contribution in [0.25, 0.3) is 0 Å². The number of aromatic nitrogens is 2. The van der Waals surface area contributed by atoms with Gasteiger partial charge in [0, 0.05) is 31.4 Å². The number of nitrogens with zero attached hydrogens (tertiary/aromatic N) is 4. The molecular formula is C17H20N4O3S. The summed E-state index contributed by atoms with van der Waals surface area (Å²) in [5.41, 5.74) is 1.95. The summed E-state index contributed by atoms with van der Waals surface area (Å²) in [4.78, 5) is 0. The van der Waals surface area contributed by atoms with Crippen molar-refractivity contribution in [2.45, 2.75) is 25.3 Å². The van der Waals surface area contributed by atoms with E-state index in [0.717, 1.165) is 12.1 Å². The molecule has 0 aliphatic carbocycles. The first-order valence-electron chi connectivity index (χ1n) is 8.12. The summed E-state index contributed by atoms with van der Waals surface area (Å²) in [6.07, 6.45) is 3.30. The van der Waals surface area contributed by atoms with Gasteiger partial charge in [-0.25, -0.2) is 8.42 Å². The van der Waals surface area contributed by atoms with Gasteiger partial charge in [0.15, 0.2) is 0 Å². The van der Waals surface area contributed by atoms with Crippen molar-refractivity contribution in [1.29, 1.82) is 5.26 Å². The minimum absolute atomic E-state index is 0.122. The number of ether oxygens (including phenoxy) is 1. The molecule has 25 heavy (non-hydrogen) atoms. The lowest BCUT2D eigenvalue weighted by molar-refractivity contribution is -0.00265. The van der Waals surface area contributed by atoms with Crippen LogP contribution < -0.4 is 0 Å². The molecule has 0 unspecified atom stereocenters. The molecule has 0 N–H and O–H groups in total. The number of benzene rings is 1. The van der Waals surface area contributed by atoms with Crippen molar-refractivity contribution < 1.29 is 13.2 Å². The summed E-state index contributed by atoms with van der Waals surface area (Å²) in [7, 11) is -3.48. The molecule has 3 rings (SSSR count). The molecule has 0 saturated carbocycles. The molecule has 1 aromatic heterocycles. The summed E-state index contributed by atoms with van der Waals surface area (Å²) < 4.78 is 34.5. The Bertz CT molecular complexity index is 885. The zero-order chi connectivity index (χ0) is 17.9. The Kier molecular flexibility index (Phi) is 5.18. The first kappa shape index (κ1) is 17.6. The van der Waals surface area contributed by atoms with E-state index in [2.05, 4.69) is 5.10 Å². The van der Waals surface area contributed by atoms with Gasteiger partial charge in [-0.2, -0.15) is 14.7 Å². The summed E-state index contributed by atoms with van der Waals surface area (Å²) in [5, 5.41) is 13.2. The van der Waals surface area contributed by atoms with E-state index in [1.807, 2.05) is 19.2 Å². The second-order valence-corrected chi connectivity index (χ2v) is 7.88. The van der Waals surface area contributed by atoms with Crippen LogP contribution in [0.3, 0.4) is 0 Å². The van der Waals surface area contributed by atoms with Gasteiger partial charge in [-0.3, -0.25) is 4.68 Å². The van der Waals surface area contributed by atoms with Gasteiger partial charge in [-0.1, -0.05) is 12.1 Å². The molecule has 1 aliphatic rings. The van der Waals surface area contributed by atoms with Crippen molar-refractivity contribution in [2.75, 3.05) is 19.7 Å². The van der Waals surface area contributed by atoms with Crippen LogP contribution in [-0.2, 0) is 27.1 Å². The highest BCUT2D eigenvalue weighted by Crippen LogP contribution is 2.25. The van der Waals surface area contributed by atoms with Crippen LogP contribution in [0.2, 0.25) is 0 Å². The van der Waals surface area contributed by atoms with Gasteiger partial charge >= 0.3 is 0 Å². The van der Waals surface area contributed by atoms with Crippen LogP contribution in [0.15, 0.2) is 36.7 Å². The smallest absolute Gasteiger partial charge is 0.218 e. The van der Waals surface area contributed by atoms with Gasteiger partial charge in [0.25, 0.3) is 0 Å². The third kappa shape index (κ3) is 4.07. The van der Waals surface area contributed by atoms with Gasteiger partial charge in [-0.05, 0) is 24.6 Å². The maximum absolute atomic E-state index is 12.8. The predicted octanol–water partition coefficient (Wildman–Crippen LogP) is 1.68. The zero-order valence-corrected chi connectivity index (χ0v) is 14.8. The molecule has 1 aliphatic heterocycles. The summed E-state index contributed by atoms with van der Waals surface area (Å²) in [6, 6.07) is 8.73. The molecule has 7 nitrogen and oxygen atoms in total. The molecule has 1 fully saturated rings. The quantitative estimate of drug-likeness (QED) is 0.809. The van der Waals surface area contributed by atoms with Gasteiger partial charge in [0.1, 0.15) is 0 Å². The number of sulfonamides is 1. The Morgan fingerprint density at radius 2 is 2.28 bits per heavy atom. The van der Waals surface area contributed by atoms with E-state index in [9.17, 15) is 8.42 Å². The van der Waals surface area contributed by atoms with E-state index in [1.54, 1.807) is 35.1 Å². The van der Waals surface area contributed by atoms with Gasteiger partial charge in [-0.15, -0.1) is 0 Å². The van der Waals surface area contributed by atoms with E-state index in [-0.39, 0.29) is 18.4 Å². The highest BCUT2D eigenvalue weighted by atomic mass is 32.2. The Balaban J connectivity index is 1.74. The van der Waals surface area contributed by atoms with Crippen LogP contribution in [0, 0.1) is 11.3 Å². The fraction of sp³-hybridized carbons (Fsp3) is 0.412. The molecule has 132 valence electrons. The third-order valence-electron chi connectivity index (χ3n) is 4.18. The molecule has 1 atom stereocenters. The number of nitriles is 1. The first-order chi connectivity index (χ1) is 12.0. The second-order valence-electron chi connectivity index (χ2n) is 5.92. The maximum Gasteiger partial charge on any atom is 0.218 e. The van der Waals surface area contributed by atoms with Crippen LogP contribution in [-0.4, -0.2) is 42.2 Å². The Morgan fingerprint density at radius 1 is 1.44 bits per heavy atom. The molecule has 8 heteroatoms. The number of rotatable bonds is 5. The summed E-state index contributed by atoms with van der Waals surface area (Å²) >= 11 is 0. The fourth-order valence-electron chi connectivity index (χ4n) is 2.83. The Labute approximate surface area is 147 Å². The minimum atomic E-state index is -3.48. The molecule has 1 saturated heterocycles. The lowest BCUT2D eigenvalue weighted by atomic mass is 10.2. The summed E-state index contributed by atoms with van der Waals surface area (Å²) in [6.45, 7) is 3.70. The van der Waals surface area contributed by atoms with E-state index in [4.69, 9.17) is 10.00 Å². The number of aryl methyl sites for hydroxylation is 1. The lowest BCUT2D eigenvalue weighted by Crippen LogP contribution is -2.42.